The minimum atomic E-state index is -0.364. The SMILES string of the molecule is Cc1ccc(F)cc1C(NN)c1cccc2c1OCCO2. The van der Waals surface area contributed by atoms with Crippen LogP contribution in [0.25, 0.3) is 0 Å². The monoisotopic (exact) mass is 288 g/mol. The fourth-order valence-electron chi connectivity index (χ4n) is 2.59. The number of hydrazine groups is 1. The Morgan fingerprint density at radius 3 is 2.76 bits per heavy atom. The summed E-state index contributed by atoms with van der Waals surface area (Å²) in [5.74, 6) is 6.78. The molecule has 0 amide bonds. The Kier molecular flexibility index (Phi) is 3.77. The van der Waals surface area contributed by atoms with Crippen molar-refractivity contribution in [1.29, 1.82) is 0 Å². The number of hydrogen-bond acceptors (Lipinski definition) is 4. The summed E-state index contributed by atoms with van der Waals surface area (Å²) < 4.78 is 24.9. The van der Waals surface area contributed by atoms with Gasteiger partial charge in [-0.3, -0.25) is 5.84 Å². The standard InChI is InChI=1S/C16H17FN2O2/c1-10-5-6-11(17)9-13(10)15(19-18)12-3-2-4-14-16(12)21-8-7-20-14/h2-6,9,15,19H,7-8,18H2,1H3. The molecule has 0 aromatic heterocycles. The first kappa shape index (κ1) is 13.9. The molecular weight excluding hydrogens is 271 g/mol. The molecule has 1 unspecified atom stereocenters. The first-order valence-corrected chi connectivity index (χ1v) is 6.81. The van der Waals surface area contributed by atoms with E-state index in [4.69, 9.17) is 15.3 Å². The van der Waals surface area contributed by atoms with Gasteiger partial charge in [-0.2, -0.15) is 0 Å². The number of ether oxygens (including phenoxy) is 2. The van der Waals surface area contributed by atoms with Gasteiger partial charge in [0.15, 0.2) is 11.5 Å². The number of rotatable bonds is 3. The minimum absolute atomic E-state index is 0.294. The van der Waals surface area contributed by atoms with Crippen LogP contribution in [0.3, 0.4) is 0 Å². The van der Waals surface area contributed by atoms with Gasteiger partial charge in [-0.25, -0.2) is 9.82 Å². The molecule has 21 heavy (non-hydrogen) atoms. The lowest BCUT2D eigenvalue weighted by molar-refractivity contribution is 0.169. The molecule has 0 saturated carbocycles. The molecule has 3 rings (SSSR count). The van der Waals surface area contributed by atoms with E-state index in [0.717, 1.165) is 16.7 Å². The number of fused-ring (bicyclic) bond motifs is 1. The third-order valence-corrected chi connectivity index (χ3v) is 3.63. The summed E-state index contributed by atoms with van der Waals surface area (Å²) in [5.41, 5.74) is 5.32. The molecule has 1 heterocycles. The number of benzene rings is 2. The van der Waals surface area contributed by atoms with Gasteiger partial charge in [-0.1, -0.05) is 18.2 Å². The Balaban J connectivity index is 2.10. The van der Waals surface area contributed by atoms with Crippen LogP contribution >= 0.6 is 0 Å². The van der Waals surface area contributed by atoms with Gasteiger partial charge >= 0.3 is 0 Å². The average Bonchev–Trinajstić information content (AvgIpc) is 2.51. The first-order valence-electron chi connectivity index (χ1n) is 6.81. The molecule has 110 valence electrons. The smallest absolute Gasteiger partial charge is 0.166 e. The van der Waals surface area contributed by atoms with Gasteiger partial charge in [0, 0.05) is 5.56 Å². The number of aryl methyl sites for hydroxylation is 1. The molecule has 0 radical (unpaired) electrons. The summed E-state index contributed by atoms with van der Waals surface area (Å²) in [4.78, 5) is 0. The van der Waals surface area contributed by atoms with E-state index in [1.807, 2.05) is 25.1 Å². The Morgan fingerprint density at radius 1 is 1.14 bits per heavy atom. The van der Waals surface area contributed by atoms with Crippen LogP contribution in [0.2, 0.25) is 0 Å². The molecule has 0 bridgehead atoms. The van der Waals surface area contributed by atoms with E-state index >= 15 is 0 Å². The third kappa shape index (κ3) is 2.57. The van der Waals surface area contributed by atoms with Gasteiger partial charge in [0.25, 0.3) is 0 Å². The number of hydrogen-bond donors (Lipinski definition) is 2. The Hall–Kier alpha value is -2.11. The van der Waals surface area contributed by atoms with Gasteiger partial charge in [0.2, 0.25) is 0 Å². The quantitative estimate of drug-likeness (QED) is 0.673. The van der Waals surface area contributed by atoms with Crippen LogP contribution < -0.4 is 20.7 Å². The molecule has 0 saturated heterocycles. The van der Waals surface area contributed by atoms with Crippen molar-refractivity contribution in [2.45, 2.75) is 13.0 Å². The molecule has 1 atom stereocenters. The number of nitrogens with two attached hydrogens (primary N) is 1. The molecule has 2 aromatic carbocycles. The number of para-hydroxylation sites is 1. The summed E-state index contributed by atoms with van der Waals surface area (Å²) in [5, 5.41) is 0. The van der Waals surface area contributed by atoms with E-state index in [2.05, 4.69) is 5.43 Å². The van der Waals surface area contributed by atoms with Crippen LogP contribution in [-0.4, -0.2) is 13.2 Å². The zero-order valence-corrected chi connectivity index (χ0v) is 11.7. The van der Waals surface area contributed by atoms with Crippen LogP contribution in [0.4, 0.5) is 4.39 Å². The van der Waals surface area contributed by atoms with Gasteiger partial charge in [-0.15, -0.1) is 0 Å². The van der Waals surface area contributed by atoms with Crippen molar-refractivity contribution >= 4 is 0 Å². The maximum Gasteiger partial charge on any atom is 0.166 e. The summed E-state index contributed by atoms with van der Waals surface area (Å²) in [6.45, 7) is 2.94. The first-order chi connectivity index (χ1) is 10.2. The van der Waals surface area contributed by atoms with Gasteiger partial charge in [0.1, 0.15) is 19.0 Å². The van der Waals surface area contributed by atoms with Crippen molar-refractivity contribution in [1.82, 2.24) is 5.43 Å². The van der Waals surface area contributed by atoms with E-state index in [9.17, 15) is 4.39 Å². The highest BCUT2D eigenvalue weighted by Crippen LogP contribution is 2.39. The Bertz CT molecular complexity index is 661. The van der Waals surface area contributed by atoms with E-state index in [0.29, 0.717) is 24.7 Å². The second kappa shape index (κ2) is 5.71. The predicted molar refractivity (Wildman–Crippen MR) is 77.7 cm³/mol. The molecular formula is C16H17FN2O2. The van der Waals surface area contributed by atoms with Crippen molar-refractivity contribution in [3.05, 3.63) is 58.9 Å². The second-order valence-electron chi connectivity index (χ2n) is 4.97. The van der Waals surface area contributed by atoms with Crippen LogP contribution in [0.1, 0.15) is 22.7 Å². The van der Waals surface area contributed by atoms with Crippen molar-refractivity contribution in [3.63, 3.8) is 0 Å². The van der Waals surface area contributed by atoms with Crippen molar-refractivity contribution in [2.75, 3.05) is 13.2 Å². The van der Waals surface area contributed by atoms with E-state index in [1.54, 1.807) is 6.07 Å². The highest BCUT2D eigenvalue weighted by Gasteiger charge is 2.23. The second-order valence-corrected chi connectivity index (χ2v) is 4.97. The lowest BCUT2D eigenvalue weighted by Crippen LogP contribution is -2.30. The minimum Gasteiger partial charge on any atom is -0.486 e. The molecule has 0 fully saturated rings. The van der Waals surface area contributed by atoms with Crippen molar-refractivity contribution in [2.24, 2.45) is 5.84 Å². The maximum atomic E-state index is 13.6. The molecule has 5 heteroatoms. The largest absolute Gasteiger partial charge is 0.486 e. The Labute approximate surface area is 122 Å². The molecule has 1 aliphatic rings. The van der Waals surface area contributed by atoms with Gasteiger partial charge in [0.05, 0.1) is 6.04 Å². The summed E-state index contributed by atoms with van der Waals surface area (Å²) in [6.07, 6.45) is 0. The number of nitrogens with one attached hydrogen (secondary N) is 1. The molecule has 3 N–H and O–H groups in total. The highest BCUT2D eigenvalue weighted by molar-refractivity contribution is 5.52. The van der Waals surface area contributed by atoms with Crippen molar-refractivity contribution in [3.8, 4) is 11.5 Å². The average molecular weight is 288 g/mol. The van der Waals surface area contributed by atoms with E-state index < -0.39 is 0 Å². The lowest BCUT2D eigenvalue weighted by atomic mass is 9.94. The third-order valence-electron chi connectivity index (χ3n) is 3.63. The number of halogens is 1. The molecule has 0 aliphatic carbocycles. The summed E-state index contributed by atoms with van der Waals surface area (Å²) in [6, 6.07) is 9.93. The van der Waals surface area contributed by atoms with Gasteiger partial charge < -0.3 is 9.47 Å². The molecule has 4 nitrogen and oxygen atoms in total. The predicted octanol–water partition coefficient (Wildman–Crippen LogP) is 2.46. The highest BCUT2D eigenvalue weighted by atomic mass is 19.1. The van der Waals surface area contributed by atoms with Gasteiger partial charge in [-0.05, 0) is 36.2 Å². The maximum absolute atomic E-state index is 13.6. The van der Waals surface area contributed by atoms with Crippen LogP contribution in [0.15, 0.2) is 36.4 Å². The molecule has 2 aromatic rings. The zero-order chi connectivity index (χ0) is 14.8. The fraction of sp³-hybridized carbons (Fsp3) is 0.250. The van der Waals surface area contributed by atoms with Crippen LogP contribution in [0.5, 0.6) is 11.5 Å². The normalized spacial score (nSPS) is 14.8. The van der Waals surface area contributed by atoms with Crippen LogP contribution in [-0.2, 0) is 0 Å². The summed E-state index contributed by atoms with van der Waals surface area (Å²) in [7, 11) is 0. The van der Waals surface area contributed by atoms with Crippen LogP contribution in [0, 0.1) is 12.7 Å². The van der Waals surface area contributed by atoms with Crippen molar-refractivity contribution < 1.29 is 13.9 Å². The Morgan fingerprint density at radius 2 is 1.95 bits per heavy atom. The summed E-state index contributed by atoms with van der Waals surface area (Å²) >= 11 is 0. The molecule has 0 spiro atoms. The molecule has 1 aliphatic heterocycles. The van der Waals surface area contributed by atoms with E-state index in [-0.39, 0.29) is 11.9 Å². The topological polar surface area (TPSA) is 56.5 Å². The fourth-order valence-corrected chi connectivity index (χ4v) is 2.59. The zero-order valence-electron chi connectivity index (χ0n) is 11.7. The lowest BCUT2D eigenvalue weighted by Gasteiger charge is -2.26. The van der Waals surface area contributed by atoms with E-state index in [1.165, 1.54) is 12.1 Å².